The van der Waals surface area contributed by atoms with E-state index in [1.54, 1.807) is 43.2 Å². The minimum atomic E-state index is -0.586. The van der Waals surface area contributed by atoms with Crippen LogP contribution in [-0.4, -0.2) is 37.4 Å². The summed E-state index contributed by atoms with van der Waals surface area (Å²) in [5.74, 6) is 2.76. The first-order valence-electron chi connectivity index (χ1n) is 8.58. The van der Waals surface area contributed by atoms with Crippen molar-refractivity contribution in [2.45, 2.75) is 26.5 Å². The normalized spacial score (nSPS) is 13.2. The Morgan fingerprint density at radius 1 is 1.12 bits per heavy atom. The van der Waals surface area contributed by atoms with E-state index in [2.05, 4.69) is 0 Å². The maximum atomic E-state index is 12.8. The lowest BCUT2D eigenvalue weighted by Gasteiger charge is -2.25. The molecule has 2 aromatic carbocycles. The van der Waals surface area contributed by atoms with Crippen molar-refractivity contribution in [3.8, 4) is 23.0 Å². The summed E-state index contributed by atoms with van der Waals surface area (Å²) in [5, 5.41) is 0. The number of amides is 1. The number of carbonyl (C=O) groups is 1. The molecule has 138 valence electrons. The van der Waals surface area contributed by atoms with Crippen LogP contribution in [0, 0.1) is 0 Å². The highest BCUT2D eigenvalue weighted by molar-refractivity contribution is 5.81. The van der Waals surface area contributed by atoms with Crippen LogP contribution in [-0.2, 0) is 11.3 Å². The summed E-state index contributed by atoms with van der Waals surface area (Å²) >= 11 is 0. The third kappa shape index (κ3) is 4.02. The first-order chi connectivity index (χ1) is 12.6. The molecule has 1 atom stereocenters. The summed E-state index contributed by atoms with van der Waals surface area (Å²) in [6.07, 6.45) is -0.586. The molecule has 0 unspecified atom stereocenters. The van der Waals surface area contributed by atoms with Crippen molar-refractivity contribution < 1.29 is 23.7 Å². The molecule has 0 aromatic heterocycles. The largest absolute Gasteiger partial charge is 0.497 e. The molecular formula is C20H23NO5. The van der Waals surface area contributed by atoms with Crippen molar-refractivity contribution in [3.63, 3.8) is 0 Å². The summed E-state index contributed by atoms with van der Waals surface area (Å²) in [6, 6.07) is 12.9. The van der Waals surface area contributed by atoms with Crippen LogP contribution in [0.3, 0.4) is 0 Å². The second kappa shape index (κ2) is 7.99. The van der Waals surface area contributed by atoms with Gasteiger partial charge in [-0.2, -0.15) is 0 Å². The monoisotopic (exact) mass is 357 g/mol. The Hall–Kier alpha value is -2.89. The fraction of sp³-hybridized carbons (Fsp3) is 0.350. The average Bonchev–Trinajstić information content (AvgIpc) is 3.14. The smallest absolute Gasteiger partial charge is 0.263 e. The molecule has 0 bridgehead atoms. The molecular weight excluding hydrogens is 334 g/mol. The Balaban J connectivity index is 1.63. The Morgan fingerprint density at radius 2 is 1.81 bits per heavy atom. The zero-order chi connectivity index (χ0) is 18.5. The van der Waals surface area contributed by atoms with Crippen molar-refractivity contribution in [2.75, 3.05) is 20.4 Å². The molecule has 0 fully saturated rings. The van der Waals surface area contributed by atoms with Gasteiger partial charge in [-0.15, -0.1) is 0 Å². The van der Waals surface area contributed by atoms with Crippen molar-refractivity contribution in [1.29, 1.82) is 0 Å². The highest BCUT2D eigenvalue weighted by atomic mass is 16.7. The predicted octanol–water partition coefficient (Wildman–Crippen LogP) is 3.24. The highest BCUT2D eigenvalue weighted by Crippen LogP contribution is 2.32. The first kappa shape index (κ1) is 17.9. The van der Waals surface area contributed by atoms with E-state index in [0.717, 1.165) is 17.1 Å². The number of benzene rings is 2. The van der Waals surface area contributed by atoms with Gasteiger partial charge in [-0.3, -0.25) is 4.79 Å². The molecule has 0 radical (unpaired) electrons. The molecule has 1 aliphatic heterocycles. The van der Waals surface area contributed by atoms with E-state index in [4.69, 9.17) is 18.9 Å². The highest BCUT2D eigenvalue weighted by Gasteiger charge is 2.22. The summed E-state index contributed by atoms with van der Waals surface area (Å²) in [5.41, 5.74) is 0.987. The standard InChI is InChI=1S/C20H23NO5/c1-4-21(12-15-5-10-18-19(11-15)25-13-24-18)20(22)14(2)26-17-8-6-16(23-3)7-9-17/h5-11,14H,4,12-13H2,1-3H3/t14-/m0/s1. The molecule has 0 aliphatic carbocycles. The molecule has 1 aliphatic rings. The fourth-order valence-electron chi connectivity index (χ4n) is 2.77. The average molecular weight is 357 g/mol. The Morgan fingerprint density at radius 3 is 2.50 bits per heavy atom. The molecule has 6 heteroatoms. The number of fused-ring (bicyclic) bond motifs is 1. The van der Waals surface area contributed by atoms with Crippen LogP contribution in [0.25, 0.3) is 0 Å². The Labute approximate surface area is 153 Å². The Bertz CT molecular complexity index is 759. The van der Waals surface area contributed by atoms with Crippen molar-refractivity contribution in [1.82, 2.24) is 4.90 Å². The van der Waals surface area contributed by atoms with Gasteiger partial charge in [0.1, 0.15) is 11.5 Å². The lowest BCUT2D eigenvalue weighted by Crippen LogP contribution is -2.39. The van der Waals surface area contributed by atoms with Gasteiger partial charge in [0.2, 0.25) is 6.79 Å². The zero-order valence-corrected chi connectivity index (χ0v) is 15.2. The predicted molar refractivity (Wildman–Crippen MR) is 96.7 cm³/mol. The molecule has 0 spiro atoms. The second-order valence-corrected chi connectivity index (χ2v) is 5.98. The van der Waals surface area contributed by atoms with E-state index in [9.17, 15) is 4.79 Å². The number of nitrogens with zero attached hydrogens (tertiary/aromatic N) is 1. The summed E-state index contributed by atoms with van der Waals surface area (Å²) in [4.78, 5) is 14.5. The van der Waals surface area contributed by atoms with Gasteiger partial charge in [0, 0.05) is 13.1 Å². The SMILES string of the molecule is CCN(Cc1ccc2c(c1)OCO2)C(=O)[C@H](C)Oc1ccc(OC)cc1. The molecule has 0 N–H and O–H groups in total. The second-order valence-electron chi connectivity index (χ2n) is 5.98. The number of hydrogen-bond donors (Lipinski definition) is 0. The van der Waals surface area contributed by atoms with Crippen LogP contribution in [0.2, 0.25) is 0 Å². The van der Waals surface area contributed by atoms with Gasteiger partial charge in [0.05, 0.1) is 7.11 Å². The van der Waals surface area contributed by atoms with Crippen LogP contribution in [0.5, 0.6) is 23.0 Å². The number of carbonyl (C=O) groups excluding carboxylic acids is 1. The number of hydrogen-bond acceptors (Lipinski definition) is 5. The first-order valence-corrected chi connectivity index (χ1v) is 8.58. The number of methoxy groups -OCH3 is 1. The van der Waals surface area contributed by atoms with Crippen LogP contribution in [0.1, 0.15) is 19.4 Å². The van der Waals surface area contributed by atoms with Gasteiger partial charge in [0.25, 0.3) is 5.91 Å². The Kier molecular flexibility index (Phi) is 5.51. The van der Waals surface area contributed by atoms with Crippen LogP contribution in [0.4, 0.5) is 0 Å². The number of rotatable bonds is 7. The molecule has 0 saturated heterocycles. The fourth-order valence-corrected chi connectivity index (χ4v) is 2.77. The van der Waals surface area contributed by atoms with E-state index in [0.29, 0.717) is 24.6 Å². The summed E-state index contributed by atoms with van der Waals surface area (Å²) < 4.78 is 21.6. The maximum absolute atomic E-state index is 12.8. The molecule has 1 amide bonds. The van der Waals surface area contributed by atoms with Gasteiger partial charge in [-0.1, -0.05) is 6.07 Å². The molecule has 26 heavy (non-hydrogen) atoms. The molecule has 2 aromatic rings. The van der Waals surface area contributed by atoms with E-state index < -0.39 is 6.10 Å². The zero-order valence-electron chi connectivity index (χ0n) is 15.2. The summed E-state index contributed by atoms with van der Waals surface area (Å²) in [6.45, 7) is 5.02. The summed E-state index contributed by atoms with van der Waals surface area (Å²) in [7, 11) is 1.61. The van der Waals surface area contributed by atoms with E-state index in [1.165, 1.54) is 0 Å². The van der Waals surface area contributed by atoms with Gasteiger partial charge in [0.15, 0.2) is 17.6 Å². The van der Waals surface area contributed by atoms with Gasteiger partial charge in [-0.05, 0) is 55.8 Å². The molecule has 0 saturated carbocycles. The van der Waals surface area contributed by atoms with Crippen LogP contribution < -0.4 is 18.9 Å². The van der Waals surface area contributed by atoms with Gasteiger partial charge >= 0.3 is 0 Å². The van der Waals surface area contributed by atoms with E-state index in [1.807, 2.05) is 25.1 Å². The van der Waals surface area contributed by atoms with Gasteiger partial charge in [-0.25, -0.2) is 0 Å². The molecule has 6 nitrogen and oxygen atoms in total. The quantitative estimate of drug-likeness (QED) is 0.761. The van der Waals surface area contributed by atoms with Crippen molar-refractivity contribution >= 4 is 5.91 Å². The number of ether oxygens (including phenoxy) is 4. The molecule has 3 rings (SSSR count). The minimum absolute atomic E-state index is 0.0685. The minimum Gasteiger partial charge on any atom is -0.497 e. The topological polar surface area (TPSA) is 57.2 Å². The lowest BCUT2D eigenvalue weighted by molar-refractivity contribution is -0.138. The third-order valence-electron chi connectivity index (χ3n) is 4.22. The third-order valence-corrected chi connectivity index (χ3v) is 4.22. The van der Waals surface area contributed by atoms with Crippen LogP contribution >= 0.6 is 0 Å². The van der Waals surface area contributed by atoms with E-state index in [-0.39, 0.29) is 12.7 Å². The van der Waals surface area contributed by atoms with Crippen LogP contribution in [0.15, 0.2) is 42.5 Å². The van der Waals surface area contributed by atoms with Gasteiger partial charge < -0.3 is 23.8 Å². The van der Waals surface area contributed by atoms with E-state index >= 15 is 0 Å². The molecule has 1 heterocycles. The van der Waals surface area contributed by atoms with Crippen molar-refractivity contribution in [2.24, 2.45) is 0 Å². The lowest BCUT2D eigenvalue weighted by atomic mass is 10.1. The van der Waals surface area contributed by atoms with Crippen molar-refractivity contribution in [3.05, 3.63) is 48.0 Å². The number of likely N-dealkylation sites (N-methyl/N-ethyl adjacent to an activating group) is 1. The maximum Gasteiger partial charge on any atom is 0.263 e.